The number of benzene rings is 7. The van der Waals surface area contributed by atoms with Gasteiger partial charge in [0.15, 0.2) is 36.2 Å². The first-order valence-corrected chi connectivity index (χ1v) is 32.1. The van der Waals surface area contributed by atoms with E-state index in [1.165, 1.54) is 4.90 Å². The molecule has 4 aliphatic heterocycles. The normalized spacial score (nSPS) is 15.2. The first kappa shape index (κ1) is 67.7. The molecular weight excluding hydrogens is 1240 g/mol. The molecule has 4 heterocycles. The van der Waals surface area contributed by atoms with Crippen LogP contribution in [0.2, 0.25) is 10.0 Å². The van der Waals surface area contributed by atoms with E-state index in [0.29, 0.717) is 81.5 Å². The van der Waals surface area contributed by atoms with Crippen LogP contribution in [-0.4, -0.2) is 169 Å². The summed E-state index contributed by atoms with van der Waals surface area (Å²) in [4.78, 5) is 86.3. The van der Waals surface area contributed by atoms with Gasteiger partial charge in [-0.2, -0.15) is 0 Å². The summed E-state index contributed by atoms with van der Waals surface area (Å²) in [6.45, 7) is 1.96. The standard InChI is InChI=1S/C38H36ClN3O8.C34H40ClN3O6/c39-27-9-6-10-28(21-27)48-23-35(44)40-31(19-25-7-2-1-3-8-25)32(43)22-41(17-15-26-13-14-33-34(20-26)50-24-49-33)36(45)16-18-42-37(46)29-11-4-5-12-30(29)38(42)47;1-37-15-13-26(14-16-37)34(41)38(17-12-25-10-11-31-32(19-25)44-23-43-31)21-30(39)29(18-24-6-3-2-4-7-24)36-33(40)22-42-28-9-5-8-27(35)20-28/h1-14,20-21,31-32,43H,15-19,22-24H2,(H,40,44);2-11,19-20,26,29-30,39H,12-18,21-23H2,1H3,(H,36,40)/t31-,32-;29-,30-/m00/s1. The van der Waals surface area contributed by atoms with Crippen molar-refractivity contribution in [2.24, 2.45) is 5.92 Å². The maximum Gasteiger partial charge on any atom is 0.261 e. The minimum absolute atomic E-state index is 0.0342. The van der Waals surface area contributed by atoms with E-state index in [1.807, 2.05) is 91.0 Å². The number of likely N-dealkylation sites (tertiary alicyclic amines) is 1. The average molecular weight is 1320 g/mol. The minimum atomic E-state index is -1.19. The maximum absolute atomic E-state index is 13.9. The second kappa shape index (κ2) is 33.1. The number of nitrogens with one attached hydrogen (secondary N) is 2. The fourth-order valence-corrected chi connectivity index (χ4v) is 11.9. The quantitative estimate of drug-likeness (QED) is 0.0338. The van der Waals surface area contributed by atoms with Gasteiger partial charge in [0, 0.05) is 55.1 Å². The van der Waals surface area contributed by atoms with E-state index in [9.17, 15) is 39.0 Å². The Balaban J connectivity index is 0.000000207. The summed E-state index contributed by atoms with van der Waals surface area (Å²) in [6.07, 6.45) is 0.878. The molecule has 4 atom stereocenters. The van der Waals surface area contributed by atoms with Gasteiger partial charge in [-0.05, 0) is 154 Å². The monoisotopic (exact) mass is 1320 g/mol. The molecule has 0 bridgehead atoms. The maximum atomic E-state index is 13.9. The molecular formula is C72H76Cl2N6O14. The Morgan fingerprint density at radius 2 is 1.00 bits per heavy atom. The van der Waals surface area contributed by atoms with Crippen molar-refractivity contribution < 1.29 is 67.4 Å². The van der Waals surface area contributed by atoms with Crippen LogP contribution < -0.4 is 39.1 Å². The van der Waals surface area contributed by atoms with Gasteiger partial charge in [-0.1, -0.05) is 120 Å². The summed E-state index contributed by atoms with van der Waals surface area (Å²) in [5.74, 6) is 1.37. The molecule has 0 radical (unpaired) electrons. The third kappa shape index (κ3) is 19.0. The van der Waals surface area contributed by atoms with E-state index in [2.05, 4.69) is 22.6 Å². The Morgan fingerprint density at radius 3 is 1.48 bits per heavy atom. The van der Waals surface area contributed by atoms with E-state index in [4.69, 9.17) is 51.6 Å². The highest BCUT2D eigenvalue weighted by atomic mass is 35.5. The van der Waals surface area contributed by atoms with Crippen LogP contribution in [-0.2, 0) is 44.9 Å². The molecule has 11 rings (SSSR count). The van der Waals surface area contributed by atoms with Gasteiger partial charge in [-0.3, -0.25) is 33.7 Å². The number of ether oxygens (including phenoxy) is 6. The van der Waals surface area contributed by atoms with Crippen molar-refractivity contribution in [2.45, 2.75) is 69.2 Å². The predicted octanol–water partition coefficient (Wildman–Crippen LogP) is 8.24. The molecule has 1 saturated heterocycles. The molecule has 0 aromatic heterocycles. The van der Waals surface area contributed by atoms with E-state index < -0.39 is 42.0 Å². The van der Waals surface area contributed by atoms with Crippen LogP contribution in [0.25, 0.3) is 0 Å². The molecule has 22 heteroatoms. The van der Waals surface area contributed by atoms with Crippen molar-refractivity contribution >= 4 is 58.6 Å². The molecule has 6 amide bonds. The van der Waals surface area contributed by atoms with Crippen LogP contribution in [0.5, 0.6) is 34.5 Å². The molecule has 7 aromatic carbocycles. The summed E-state index contributed by atoms with van der Waals surface area (Å²) >= 11 is 12.1. The molecule has 0 aliphatic carbocycles. The molecule has 492 valence electrons. The molecule has 4 N–H and O–H groups in total. The molecule has 0 spiro atoms. The summed E-state index contributed by atoms with van der Waals surface area (Å²) < 4.78 is 33.2. The van der Waals surface area contributed by atoms with Gasteiger partial charge >= 0.3 is 0 Å². The number of piperidine rings is 1. The number of nitrogens with zero attached hydrogens (tertiary/aromatic N) is 4. The summed E-state index contributed by atoms with van der Waals surface area (Å²) in [6, 6.07) is 49.0. The number of carbonyl (C=O) groups is 6. The Hall–Kier alpha value is -9.18. The summed E-state index contributed by atoms with van der Waals surface area (Å²) in [5.41, 5.74) is 4.33. The largest absolute Gasteiger partial charge is 0.484 e. The highest BCUT2D eigenvalue weighted by Crippen LogP contribution is 2.34. The zero-order chi connectivity index (χ0) is 65.9. The van der Waals surface area contributed by atoms with Crippen LogP contribution in [0, 0.1) is 5.92 Å². The first-order chi connectivity index (χ1) is 45.6. The zero-order valence-corrected chi connectivity index (χ0v) is 53.6. The van der Waals surface area contributed by atoms with Crippen molar-refractivity contribution in [3.05, 3.63) is 213 Å². The molecule has 4 aliphatic rings. The highest BCUT2D eigenvalue weighted by molar-refractivity contribution is 6.31. The van der Waals surface area contributed by atoms with Crippen LogP contribution >= 0.6 is 23.2 Å². The summed E-state index contributed by atoms with van der Waals surface area (Å²) in [5, 5.41) is 30.1. The van der Waals surface area contributed by atoms with Crippen molar-refractivity contribution in [2.75, 3.05) is 79.7 Å². The van der Waals surface area contributed by atoms with E-state index in [1.54, 1.807) is 83.8 Å². The third-order valence-corrected chi connectivity index (χ3v) is 17.2. The van der Waals surface area contributed by atoms with Gasteiger partial charge in [0.25, 0.3) is 23.6 Å². The number of imide groups is 1. The van der Waals surface area contributed by atoms with Crippen molar-refractivity contribution in [1.29, 1.82) is 0 Å². The Kier molecular flexibility index (Phi) is 23.8. The van der Waals surface area contributed by atoms with Gasteiger partial charge in [0.1, 0.15) is 11.5 Å². The van der Waals surface area contributed by atoms with Crippen molar-refractivity contribution in [3.63, 3.8) is 0 Å². The number of rotatable bonds is 28. The number of fused-ring (bicyclic) bond motifs is 3. The Bertz CT molecular complexity index is 3710. The lowest BCUT2D eigenvalue weighted by Crippen LogP contribution is -2.53. The third-order valence-electron chi connectivity index (χ3n) is 16.7. The fourth-order valence-electron chi connectivity index (χ4n) is 11.6. The van der Waals surface area contributed by atoms with Gasteiger partial charge < -0.3 is 64.0 Å². The average Bonchev–Trinajstić information content (AvgIpc) is 1.67. The van der Waals surface area contributed by atoms with Gasteiger partial charge in [-0.15, -0.1) is 0 Å². The van der Waals surface area contributed by atoms with E-state index >= 15 is 0 Å². The van der Waals surface area contributed by atoms with E-state index in [-0.39, 0.29) is 89.5 Å². The zero-order valence-electron chi connectivity index (χ0n) is 52.1. The van der Waals surface area contributed by atoms with Gasteiger partial charge in [-0.25, -0.2) is 0 Å². The predicted molar refractivity (Wildman–Crippen MR) is 352 cm³/mol. The lowest BCUT2D eigenvalue weighted by Gasteiger charge is -2.35. The van der Waals surface area contributed by atoms with Crippen LogP contribution in [0.3, 0.4) is 0 Å². The Labute approximate surface area is 556 Å². The molecule has 7 aromatic rings. The molecule has 0 saturated carbocycles. The fraction of sp³-hybridized carbons (Fsp3) is 0.333. The van der Waals surface area contributed by atoms with Crippen molar-refractivity contribution in [1.82, 2.24) is 30.2 Å². The molecule has 1 fully saturated rings. The lowest BCUT2D eigenvalue weighted by atomic mass is 9.94. The highest BCUT2D eigenvalue weighted by Gasteiger charge is 2.37. The first-order valence-electron chi connectivity index (χ1n) is 31.4. The lowest BCUT2D eigenvalue weighted by molar-refractivity contribution is -0.139. The second-order valence-corrected chi connectivity index (χ2v) is 24.4. The van der Waals surface area contributed by atoms with Crippen molar-refractivity contribution in [3.8, 4) is 34.5 Å². The number of amides is 6. The molecule has 94 heavy (non-hydrogen) atoms. The number of hydrogen-bond acceptors (Lipinski definition) is 15. The van der Waals surface area contributed by atoms with E-state index in [0.717, 1.165) is 53.1 Å². The number of carbonyl (C=O) groups excluding carboxylic acids is 6. The minimum Gasteiger partial charge on any atom is -0.484 e. The van der Waals surface area contributed by atoms with Crippen LogP contribution in [0.15, 0.2) is 170 Å². The number of aliphatic hydroxyl groups excluding tert-OH is 2. The summed E-state index contributed by atoms with van der Waals surface area (Å²) in [7, 11) is 2.06. The number of hydrogen-bond donors (Lipinski definition) is 4. The second-order valence-electron chi connectivity index (χ2n) is 23.5. The SMILES string of the molecule is CN1CCC(C(=O)N(CCc2ccc3c(c2)OCO3)C[C@H](O)[C@H](Cc2ccccc2)NC(=O)COc2cccc(Cl)c2)CC1.O=C(COc1cccc(Cl)c1)N[C@@H](Cc1ccccc1)[C@@H](O)CN(CCc1ccc2c(c1)OCO2)C(=O)CCN1C(=O)c2ccccc2C1=O. The number of halogens is 2. The molecule has 20 nitrogen and oxygen atoms in total. The Morgan fingerprint density at radius 1 is 0.553 bits per heavy atom. The van der Waals surface area contributed by atoms with Crippen LogP contribution in [0.4, 0.5) is 0 Å². The molecule has 0 unspecified atom stereocenters. The van der Waals surface area contributed by atoms with Gasteiger partial charge in [0.2, 0.25) is 25.4 Å². The van der Waals surface area contributed by atoms with Gasteiger partial charge in [0.05, 0.1) is 35.4 Å². The topological polar surface area (TPSA) is 235 Å². The number of aliphatic hydroxyl groups is 2. The smallest absolute Gasteiger partial charge is 0.261 e. The van der Waals surface area contributed by atoms with Crippen LogP contribution in [0.1, 0.15) is 62.2 Å².